The van der Waals surface area contributed by atoms with Gasteiger partial charge in [0, 0.05) is 6.08 Å². The molecule has 0 aliphatic rings. The van der Waals surface area contributed by atoms with Gasteiger partial charge in [-0.3, -0.25) is 4.79 Å². The van der Waals surface area contributed by atoms with E-state index in [1.165, 1.54) is 57.4 Å². The van der Waals surface area contributed by atoms with E-state index in [0.717, 1.165) is 0 Å². The zero-order valence-electron chi connectivity index (χ0n) is 13.9. The minimum atomic E-state index is -0.431. The molecule has 1 amide bonds. The van der Waals surface area contributed by atoms with E-state index in [1.807, 2.05) is 30.4 Å². The summed E-state index contributed by atoms with van der Waals surface area (Å²) in [6, 6.07) is 0. The van der Waals surface area contributed by atoms with E-state index in [0.29, 0.717) is 0 Å². The van der Waals surface area contributed by atoms with Gasteiger partial charge in [0.05, 0.1) is 0 Å². The first-order valence-electron chi connectivity index (χ1n) is 8.40. The van der Waals surface area contributed by atoms with Crippen LogP contribution in [0, 0.1) is 0 Å². The lowest BCUT2D eigenvalue weighted by atomic mass is 10.1. The molecule has 0 rings (SSSR count). The molecule has 0 bridgehead atoms. The average molecular weight is 301 g/mol. The van der Waals surface area contributed by atoms with Crippen LogP contribution in [0.3, 0.4) is 0 Å². The maximum atomic E-state index is 10.4. The molecule has 0 aromatic carbocycles. The third kappa shape index (κ3) is 18.2. The maximum Gasteiger partial charge on any atom is 0.241 e. The summed E-state index contributed by atoms with van der Waals surface area (Å²) >= 11 is 0. The fraction of sp³-hybridized carbons (Fsp3) is 0.450. The third-order valence-corrected chi connectivity index (χ3v) is 3.15. The lowest BCUT2D eigenvalue weighted by Gasteiger charge is -1.98. The van der Waals surface area contributed by atoms with E-state index in [2.05, 4.69) is 19.1 Å². The van der Waals surface area contributed by atoms with E-state index in [4.69, 9.17) is 5.73 Å². The quantitative estimate of drug-likeness (QED) is 0.276. The fourth-order valence-electron chi connectivity index (χ4n) is 1.93. The van der Waals surface area contributed by atoms with Gasteiger partial charge in [-0.25, -0.2) is 0 Å². The van der Waals surface area contributed by atoms with Gasteiger partial charge in [0.1, 0.15) is 0 Å². The second kappa shape index (κ2) is 17.2. The van der Waals surface area contributed by atoms with Crippen LogP contribution < -0.4 is 5.73 Å². The molecular formula is C20H31NO. The van der Waals surface area contributed by atoms with Gasteiger partial charge in [-0.05, 0) is 12.8 Å². The number of carbonyl (C=O) groups excluding carboxylic acids is 1. The number of hydrogen-bond acceptors (Lipinski definition) is 1. The second-order valence-electron chi connectivity index (χ2n) is 5.25. The highest BCUT2D eigenvalue weighted by atomic mass is 16.1. The van der Waals surface area contributed by atoms with E-state index in [-0.39, 0.29) is 0 Å². The van der Waals surface area contributed by atoms with Crippen molar-refractivity contribution in [2.24, 2.45) is 5.73 Å². The number of primary amides is 1. The number of carbonyl (C=O) groups is 1. The topological polar surface area (TPSA) is 43.1 Å². The van der Waals surface area contributed by atoms with Gasteiger partial charge in [-0.1, -0.05) is 100 Å². The first kappa shape index (κ1) is 20.2. The van der Waals surface area contributed by atoms with Crippen LogP contribution in [-0.4, -0.2) is 5.91 Å². The zero-order chi connectivity index (χ0) is 16.3. The molecule has 0 aromatic heterocycles. The van der Waals surface area contributed by atoms with Crippen molar-refractivity contribution in [2.45, 2.75) is 58.3 Å². The maximum absolute atomic E-state index is 10.4. The molecule has 0 saturated heterocycles. The highest BCUT2D eigenvalue weighted by Gasteiger charge is 1.88. The van der Waals surface area contributed by atoms with Crippen molar-refractivity contribution in [1.82, 2.24) is 0 Å². The molecule has 0 heterocycles. The normalized spacial score (nSPS) is 12.8. The Morgan fingerprint density at radius 1 is 0.727 bits per heavy atom. The molecule has 0 atom stereocenters. The summed E-state index contributed by atoms with van der Waals surface area (Å²) in [7, 11) is 0. The van der Waals surface area contributed by atoms with Crippen LogP contribution in [0.5, 0.6) is 0 Å². The zero-order valence-corrected chi connectivity index (χ0v) is 13.9. The molecule has 0 spiro atoms. The lowest BCUT2D eigenvalue weighted by Crippen LogP contribution is -2.04. The number of hydrogen-bond donors (Lipinski definition) is 1. The molecule has 2 N–H and O–H groups in total. The SMILES string of the molecule is CCCCCCCCC/C=C/C=C/C=C/C=C/C=C/C(N)=O. The molecule has 0 aliphatic heterocycles. The Hall–Kier alpha value is -1.83. The van der Waals surface area contributed by atoms with Crippen molar-refractivity contribution < 1.29 is 4.79 Å². The van der Waals surface area contributed by atoms with E-state index in [9.17, 15) is 4.79 Å². The van der Waals surface area contributed by atoms with Crippen LogP contribution in [0.4, 0.5) is 0 Å². The van der Waals surface area contributed by atoms with E-state index < -0.39 is 5.91 Å². The van der Waals surface area contributed by atoms with E-state index in [1.54, 1.807) is 12.2 Å². The highest BCUT2D eigenvalue weighted by Crippen LogP contribution is 2.08. The molecule has 0 saturated carbocycles. The monoisotopic (exact) mass is 301 g/mol. The van der Waals surface area contributed by atoms with Crippen LogP contribution in [0.15, 0.2) is 60.8 Å². The van der Waals surface area contributed by atoms with Crippen molar-refractivity contribution >= 4 is 5.91 Å². The first-order chi connectivity index (χ1) is 10.8. The smallest absolute Gasteiger partial charge is 0.241 e. The molecule has 0 fully saturated rings. The predicted molar refractivity (Wildman–Crippen MR) is 97.5 cm³/mol. The molecule has 22 heavy (non-hydrogen) atoms. The van der Waals surface area contributed by atoms with Crippen molar-refractivity contribution in [3.05, 3.63) is 60.8 Å². The molecular weight excluding hydrogens is 270 g/mol. The Labute approximate surface area is 136 Å². The van der Waals surface area contributed by atoms with Crippen molar-refractivity contribution in [2.75, 3.05) is 0 Å². The summed E-state index contributed by atoms with van der Waals surface area (Å²) in [6.07, 6.45) is 29.5. The van der Waals surface area contributed by atoms with Crippen molar-refractivity contribution in [1.29, 1.82) is 0 Å². The van der Waals surface area contributed by atoms with Crippen LogP contribution in [0.25, 0.3) is 0 Å². The Morgan fingerprint density at radius 2 is 1.23 bits per heavy atom. The molecule has 2 nitrogen and oxygen atoms in total. The minimum absolute atomic E-state index is 0.431. The Balaban J connectivity index is 3.50. The fourth-order valence-corrected chi connectivity index (χ4v) is 1.93. The number of allylic oxidation sites excluding steroid dienone is 9. The largest absolute Gasteiger partial charge is 0.366 e. The van der Waals surface area contributed by atoms with Crippen LogP contribution in [0.2, 0.25) is 0 Å². The van der Waals surface area contributed by atoms with Crippen molar-refractivity contribution in [3.8, 4) is 0 Å². The van der Waals surface area contributed by atoms with Crippen LogP contribution in [-0.2, 0) is 4.79 Å². The Kier molecular flexibility index (Phi) is 15.8. The molecule has 0 radical (unpaired) electrons. The van der Waals surface area contributed by atoms with Crippen molar-refractivity contribution in [3.63, 3.8) is 0 Å². The molecule has 2 heteroatoms. The summed E-state index contributed by atoms with van der Waals surface area (Å²) in [5, 5.41) is 0. The summed E-state index contributed by atoms with van der Waals surface area (Å²) in [4.78, 5) is 10.4. The predicted octanol–water partition coefficient (Wildman–Crippen LogP) is 5.39. The number of rotatable bonds is 13. The third-order valence-electron chi connectivity index (χ3n) is 3.15. The number of amides is 1. The average Bonchev–Trinajstić information content (AvgIpc) is 2.50. The van der Waals surface area contributed by atoms with Gasteiger partial charge >= 0.3 is 0 Å². The van der Waals surface area contributed by atoms with E-state index >= 15 is 0 Å². The summed E-state index contributed by atoms with van der Waals surface area (Å²) < 4.78 is 0. The summed E-state index contributed by atoms with van der Waals surface area (Å²) in [5.41, 5.74) is 4.96. The molecule has 0 aromatic rings. The number of unbranched alkanes of at least 4 members (excludes halogenated alkanes) is 7. The second-order valence-corrected chi connectivity index (χ2v) is 5.25. The Morgan fingerprint density at radius 3 is 1.82 bits per heavy atom. The van der Waals surface area contributed by atoms with Gasteiger partial charge in [-0.2, -0.15) is 0 Å². The standard InChI is InChI=1S/C20H31NO/c1-2-3-4-5-6-7-8-9-10-11-12-13-14-15-16-17-18-19-20(21)22/h10-19H,2-9H2,1H3,(H2,21,22)/b11-10+,13-12+,15-14+,17-16+,19-18+. The lowest BCUT2D eigenvalue weighted by molar-refractivity contribution is -0.113. The summed E-state index contributed by atoms with van der Waals surface area (Å²) in [6.45, 7) is 2.25. The van der Waals surface area contributed by atoms with Gasteiger partial charge in [0.2, 0.25) is 5.91 Å². The van der Waals surface area contributed by atoms with Gasteiger partial charge in [0.25, 0.3) is 0 Å². The van der Waals surface area contributed by atoms with Crippen LogP contribution in [0.1, 0.15) is 58.3 Å². The molecule has 0 unspecified atom stereocenters. The van der Waals surface area contributed by atoms with Gasteiger partial charge in [0.15, 0.2) is 0 Å². The highest BCUT2D eigenvalue weighted by molar-refractivity contribution is 5.85. The first-order valence-corrected chi connectivity index (χ1v) is 8.40. The Bertz CT molecular complexity index is 400. The molecule has 122 valence electrons. The summed E-state index contributed by atoms with van der Waals surface area (Å²) in [5.74, 6) is -0.431. The molecule has 0 aliphatic carbocycles. The van der Waals surface area contributed by atoms with Crippen LogP contribution >= 0.6 is 0 Å². The van der Waals surface area contributed by atoms with Gasteiger partial charge in [-0.15, -0.1) is 0 Å². The minimum Gasteiger partial charge on any atom is -0.366 e. The van der Waals surface area contributed by atoms with Gasteiger partial charge < -0.3 is 5.73 Å². The number of nitrogens with two attached hydrogens (primary N) is 1.